The van der Waals surface area contributed by atoms with E-state index in [9.17, 15) is 24.0 Å². The third kappa shape index (κ3) is 119. The van der Waals surface area contributed by atoms with Gasteiger partial charge in [0.05, 0.1) is 104 Å². The molecule has 1 radical (unpaired) electrons. The van der Waals surface area contributed by atoms with Crippen molar-refractivity contribution in [2.45, 2.75) is 122 Å². The zero-order chi connectivity index (χ0) is 103. The molecule has 12 aromatic rings. The number of benzene rings is 5. The van der Waals surface area contributed by atoms with E-state index in [1.165, 1.54) is 62.4 Å². The maximum Gasteiger partial charge on any atom is 1.00 e. The van der Waals surface area contributed by atoms with Crippen molar-refractivity contribution in [2.75, 3.05) is 58.0 Å². The van der Waals surface area contributed by atoms with Gasteiger partial charge in [-0.15, -0.1) is 47.2 Å². The number of esters is 5. The van der Waals surface area contributed by atoms with E-state index in [-0.39, 0.29) is 189 Å². The second-order valence-electron chi connectivity index (χ2n) is 23.5. The average Bonchev–Trinajstić information content (AvgIpc) is 1.89. The zero-order valence-electron chi connectivity index (χ0n) is 80.7. The van der Waals surface area contributed by atoms with E-state index in [1.807, 2.05) is 264 Å². The van der Waals surface area contributed by atoms with Crippen molar-refractivity contribution < 1.29 is 169 Å². The minimum Gasteiger partial charge on any atom is -1.00 e. The Bertz CT molecular complexity index is 4590. The first-order chi connectivity index (χ1) is 64.2. The van der Waals surface area contributed by atoms with Crippen LogP contribution in [0.15, 0.2) is 252 Å². The van der Waals surface area contributed by atoms with Crippen LogP contribution in [-0.4, -0.2) is 219 Å². The summed E-state index contributed by atoms with van der Waals surface area (Å²) in [5.74, 6) is -1.03. The first kappa shape index (κ1) is 158. The van der Waals surface area contributed by atoms with Crippen LogP contribution in [0.25, 0.3) is 4.85 Å². The van der Waals surface area contributed by atoms with E-state index in [2.05, 4.69) is 130 Å². The van der Waals surface area contributed by atoms with Gasteiger partial charge in [-0.1, -0.05) is 103 Å². The number of carbonyl (C=O) groups excluding carboxylic acids is 6. The molecule has 0 fully saturated rings. The summed E-state index contributed by atoms with van der Waals surface area (Å²) in [4.78, 5) is 86.6. The standard InChI is InChI=1S/C12H12N3.3C11H9N3.C8H6BrN.2C4H6N2.C4H6O3.3C4H8O2.C3H4N2.C2H5Cl.3C2H6O.CH2Cl2.CH2O3.CH4O.CH4.BrH.Cl2OS.ClH.2K/c1-14-6-7-15(10-14)9-12-4-2-11(8-13)3-5-12;3*12-7-10-1-3-11(4-2-10)8-14-6-5-13-9-14;1-10-8-4-2-7(6-9)3-5-8;2*1-6-3-2-5-4-6;1-3(5)7-4(2)6;3*1-3-6-4(2)5;1-2-5-3-4-1;4*1-2-3;2-1-3;2-1-4-3;1-2;;;1-4(2)3;;;/h2-7,10H,9H2,1H3;3*1-6,9H,8H2;2-5H,6H2;2*2-4H,1H3;1-2H3;3*3H2,1-2H3;1-3H,(H,4,5);2H2,1H3;3*3H,2H2,1H3;1H2;1,3H;2H,1H3;1H4;1H;;1H;;/q+1;;;;;;;;;;;;;;;;;;;;;;;;+1/p+1. The molecule has 0 saturated heterocycles. The van der Waals surface area contributed by atoms with E-state index in [0.29, 0.717) is 47.8 Å². The number of nitrogens with one attached hydrogen (secondary N) is 4. The smallest absolute Gasteiger partial charge is 1.00 e. The number of aliphatic hydroxyl groups excluding tert-OH is 4. The second-order valence-corrected chi connectivity index (χ2v) is 27.9. The summed E-state index contributed by atoms with van der Waals surface area (Å²) in [6.07, 6.45) is 39.2. The van der Waals surface area contributed by atoms with Crippen LogP contribution >= 0.6 is 84.5 Å². The molecular weight excluding hydrogens is 2130 g/mol. The van der Waals surface area contributed by atoms with Crippen molar-refractivity contribution in [3.05, 3.63) is 314 Å². The molecule has 36 nitrogen and oxygen atoms in total. The number of H-pyrrole nitrogens is 4. The van der Waals surface area contributed by atoms with Gasteiger partial charge in [0.1, 0.15) is 75.8 Å². The maximum atomic E-state index is 9.82. The van der Waals surface area contributed by atoms with Gasteiger partial charge in [0.15, 0.2) is 5.69 Å². The van der Waals surface area contributed by atoms with Gasteiger partial charge >= 0.3 is 81.2 Å². The normalized spacial score (nSPS) is 8.14. The number of ether oxygens (including phenoxy) is 4. The number of rotatable bonds is 13. The van der Waals surface area contributed by atoms with E-state index in [1.54, 1.807) is 85.3 Å². The van der Waals surface area contributed by atoms with Gasteiger partial charge in [0.25, 0.3) is 6.47 Å². The van der Waals surface area contributed by atoms with Crippen molar-refractivity contribution in [2.24, 2.45) is 21.1 Å². The number of aryl methyl sites for hydroxylation is 3. The Morgan fingerprint density at radius 1 is 0.532 bits per heavy atom. The van der Waals surface area contributed by atoms with Crippen molar-refractivity contribution in [1.29, 1.82) is 21.0 Å². The molecule has 0 aliphatic carbocycles. The van der Waals surface area contributed by atoms with E-state index in [4.69, 9.17) is 97.1 Å². The number of aromatic nitrogens is 14. The molecule has 0 aliphatic heterocycles. The molecule has 7 heterocycles. The monoisotopic (exact) mass is 2250 g/mol. The van der Waals surface area contributed by atoms with Gasteiger partial charge in [-0.2, -0.15) is 21.0 Å². The number of aliphatic hydroxyl groups is 4. The minimum absolute atomic E-state index is 0. The van der Waals surface area contributed by atoms with Crippen LogP contribution < -0.4 is 91.9 Å². The predicted octanol–water partition coefficient (Wildman–Crippen LogP) is 7.52. The predicted molar refractivity (Wildman–Crippen MR) is 535 cm³/mol. The number of nitriles is 4. The molecule has 7 aromatic heterocycles. The zero-order valence-corrected chi connectivity index (χ0v) is 95.5. The summed E-state index contributed by atoms with van der Waals surface area (Å²) in [7, 11) is 14.2. The van der Waals surface area contributed by atoms with Gasteiger partial charge in [0, 0.05) is 197 Å². The van der Waals surface area contributed by atoms with Gasteiger partial charge in [-0.05, 0) is 118 Å². The molecule has 47 heteroatoms. The number of halogens is 8. The molecule has 0 aliphatic rings. The summed E-state index contributed by atoms with van der Waals surface area (Å²) >= 11 is 17.9. The van der Waals surface area contributed by atoms with Crippen LogP contribution in [0.4, 0.5) is 5.69 Å². The molecule has 755 valence electrons. The first-order valence-electron chi connectivity index (χ1n) is 39.6. The van der Waals surface area contributed by atoms with Gasteiger partial charge in [-0.25, -0.2) is 46.8 Å². The molecule has 0 amide bonds. The minimum atomic E-state index is -1.67. The summed E-state index contributed by atoms with van der Waals surface area (Å²) < 4.78 is 40.3. The molecule has 0 unspecified atom stereocenters. The van der Waals surface area contributed by atoms with Crippen LogP contribution in [0.1, 0.15) is 141 Å². The van der Waals surface area contributed by atoms with Crippen LogP contribution in [0.5, 0.6) is 0 Å². The Hall–Kier alpha value is -9.04. The number of carbonyl (C=O) groups is 6. The molecule has 8 N–H and O–H groups in total. The van der Waals surface area contributed by atoms with Crippen molar-refractivity contribution in [1.82, 2.24) is 48.6 Å². The summed E-state index contributed by atoms with van der Waals surface area (Å²) in [5, 5.41) is 73.7. The Balaban J connectivity index is -0.000000112. The molecule has 0 spiro atoms. The maximum absolute atomic E-state index is 9.82. The fraction of sp³-hybridized carbons (Fsp3) is 0.326. The molecule has 5 aromatic carbocycles. The van der Waals surface area contributed by atoms with Crippen LogP contribution in [0.3, 0.4) is 0 Å². The van der Waals surface area contributed by atoms with Crippen LogP contribution in [-0.2, 0) is 114 Å². The fourth-order valence-corrected chi connectivity index (χ4v) is 8.15. The van der Waals surface area contributed by atoms with Crippen molar-refractivity contribution in [3.8, 4) is 24.3 Å². The van der Waals surface area contributed by atoms with Crippen molar-refractivity contribution >= 4 is 187 Å². The van der Waals surface area contributed by atoms with E-state index in [0.717, 1.165) is 44.5 Å². The summed E-state index contributed by atoms with van der Waals surface area (Å²) in [6.45, 7) is 30.8. The third-order valence-corrected chi connectivity index (χ3v) is 13.3. The number of alkyl halides is 4. The first-order valence-corrected chi connectivity index (χ1v) is 45.1. The number of hydrogen-bond acceptors (Lipinski definition) is 24. The van der Waals surface area contributed by atoms with E-state index >= 15 is 0 Å². The average molecular weight is 2260 g/mol. The van der Waals surface area contributed by atoms with Crippen molar-refractivity contribution in [3.63, 3.8) is 0 Å². The molecule has 12 rings (SSSR count). The Morgan fingerprint density at radius 2 is 0.813 bits per heavy atom. The van der Waals surface area contributed by atoms with E-state index < -0.39 is 21.2 Å². The SMILES string of the molecule is C.CC(=O)OC(C)=O.CCCl.CCO.CCO.CCO.CCOC(C)=O.CCOC(C)=O.CCOC(C)=O.CO.C[n+]1ccn(Cc2ccc(C#N)cc2)c1.Cl.ClCCl.Cn1ccnc1.Cn1ccnc1.N#Cc1ccc(C[n+]2cc[nH]c2)cc1.N#Cc1ccc(C[n+]2cc[nH]c2)cc1.N#Cc1ccc(C[n+]2cc[nH]c2)cc1.O=CO[O-].O=S(Cl)Cl.[Br-].[C-]#[N+]c1ccc(CBr)cc1.[K+].[K].c1c[nH]cn1. The Morgan fingerprint density at radius 3 is 0.957 bits per heavy atom. The Kier molecular flexibility index (Phi) is 138. The van der Waals surface area contributed by atoms with Gasteiger partial charge in [-0.3, -0.25) is 43.7 Å². The summed E-state index contributed by atoms with van der Waals surface area (Å²) in [5.41, 5.74) is 9.48. The molecule has 139 heavy (non-hydrogen) atoms. The molecule has 0 saturated carbocycles. The van der Waals surface area contributed by atoms with Gasteiger partial charge < -0.3 is 80.6 Å². The topological polar surface area (TPSA) is 501 Å². The second kappa shape index (κ2) is 121. The van der Waals surface area contributed by atoms with Gasteiger partial charge in [0.2, 0.25) is 34.5 Å². The van der Waals surface area contributed by atoms with Crippen LogP contribution in [0, 0.1) is 51.9 Å². The molecule has 0 atom stereocenters. The third-order valence-electron chi connectivity index (χ3n) is 12.7. The van der Waals surface area contributed by atoms with Crippen LogP contribution in [0.2, 0.25) is 0 Å². The number of imidazole rings is 7. The number of aromatic amines is 4. The number of hydrogen-bond donors (Lipinski definition) is 8. The Labute approximate surface area is 953 Å². The largest absolute Gasteiger partial charge is 1.00 e. The molecular formula is C92H129Br2Cl6K2N19O17S+3. The number of nitrogens with zero attached hydrogens (tertiary/aromatic N) is 15. The fourth-order valence-electron chi connectivity index (χ4n) is 7.77. The molecule has 0 bridgehead atoms. The quantitative estimate of drug-likeness (QED) is 0.00472. The summed E-state index contributed by atoms with van der Waals surface area (Å²) in [6, 6.07) is 46.5.